The minimum atomic E-state index is -0.302. The van der Waals surface area contributed by atoms with Gasteiger partial charge in [0.1, 0.15) is 11.6 Å². The molecule has 1 aromatic heterocycles. The third kappa shape index (κ3) is 4.54. The van der Waals surface area contributed by atoms with E-state index in [9.17, 15) is 4.79 Å². The summed E-state index contributed by atoms with van der Waals surface area (Å²) in [5, 5.41) is 15.3. The van der Waals surface area contributed by atoms with Gasteiger partial charge in [-0.2, -0.15) is 5.26 Å². The first-order valence-corrected chi connectivity index (χ1v) is 8.35. The number of amides is 1. The Morgan fingerprint density at radius 2 is 2.00 bits per heavy atom. The summed E-state index contributed by atoms with van der Waals surface area (Å²) in [6, 6.07) is 17.2. The van der Waals surface area contributed by atoms with Gasteiger partial charge in [-0.25, -0.2) is 4.98 Å². The van der Waals surface area contributed by atoms with E-state index < -0.39 is 0 Å². The number of ether oxygens (including phenoxy) is 1. The summed E-state index contributed by atoms with van der Waals surface area (Å²) in [5.74, 6) is 0.765. The van der Waals surface area contributed by atoms with Gasteiger partial charge in [-0.15, -0.1) is 0 Å². The zero-order valence-electron chi connectivity index (χ0n) is 14.4. The number of pyridine rings is 1. The fourth-order valence-electron chi connectivity index (χ4n) is 2.40. The van der Waals surface area contributed by atoms with Crippen molar-refractivity contribution in [2.45, 2.75) is 0 Å². The molecule has 27 heavy (non-hydrogen) atoms. The minimum Gasteiger partial charge on any atom is -0.495 e. The Labute approximate surface area is 161 Å². The minimum absolute atomic E-state index is 0.302. The molecule has 2 N–H and O–H groups in total. The van der Waals surface area contributed by atoms with Crippen molar-refractivity contribution in [2.24, 2.45) is 0 Å². The highest BCUT2D eigenvalue weighted by molar-refractivity contribution is 6.32. The maximum atomic E-state index is 12.5. The summed E-state index contributed by atoms with van der Waals surface area (Å²) in [5.41, 5.74) is 2.16. The molecular formula is C20H15ClN4O2. The van der Waals surface area contributed by atoms with Gasteiger partial charge in [0.05, 0.1) is 23.8 Å². The van der Waals surface area contributed by atoms with Crippen molar-refractivity contribution < 1.29 is 9.53 Å². The number of nitrogens with one attached hydrogen (secondary N) is 2. The van der Waals surface area contributed by atoms with E-state index in [1.807, 2.05) is 6.07 Å². The van der Waals surface area contributed by atoms with Gasteiger partial charge in [-0.3, -0.25) is 4.79 Å². The molecule has 0 unspecified atom stereocenters. The highest BCUT2D eigenvalue weighted by Crippen LogP contribution is 2.28. The monoisotopic (exact) mass is 378 g/mol. The molecule has 3 rings (SSSR count). The molecule has 0 bridgehead atoms. The number of hydrogen-bond acceptors (Lipinski definition) is 5. The number of nitriles is 1. The molecule has 6 nitrogen and oxygen atoms in total. The zero-order valence-corrected chi connectivity index (χ0v) is 15.1. The van der Waals surface area contributed by atoms with Crippen molar-refractivity contribution in [3.8, 4) is 11.8 Å². The molecule has 0 aliphatic rings. The van der Waals surface area contributed by atoms with Gasteiger partial charge in [-0.05, 0) is 48.5 Å². The van der Waals surface area contributed by atoms with E-state index in [0.717, 1.165) is 0 Å². The number of aromatic nitrogens is 1. The topological polar surface area (TPSA) is 87.0 Å². The summed E-state index contributed by atoms with van der Waals surface area (Å²) in [7, 11) is 1.55. The van der Waals surface area contributed by atoms with Crippen molar-refractivity contribution in [1.82, 2.24) is 4.98 Å². The van der Waals surface area contributed by atoms with Crippen LogP contribution in [0.2, 0.25) is 5.02 Å². The number of carbonyl (C=O) groups excluding carboxylic acids is 1. The second kappa shape index (κ2) is 8.21. The first-order valence-electron chi connectivity index (χ1n) is 7.97. The first-order chi connectivity index (χ1) is 13.1. The van der Waals surface area contributed by atoms with Crippen LogP contribution < -0.4 is 15.4 Å². The highest BCUT2D eigenvalue weighted by Gasteiger charge is 2.09. The van der Waals surface area contributed by atoms with Crippen molar-refractivity contribution in [2.75, 3.05) is 17.7 Å². The third-order valence-electron chi connectivity index (χ3n) is 3.70. The number of rotatable bonds is 5. The second-order valence-electron chi connectivity index (χ2n) is 5.55. The van der Waals surface area contributed by atoms with E-state index in [4.69, 9.17) is 21.6 Å². The van der Waals surface area contributed by atoms with Crippen LogP contribution in [0.25, 0.3) is 0 Å². The largest absolute Gasteiger partial charge is 0.495 e. The fourth-order valence-corrected chi connectivity index (χ4v) is 2.66. The summed E-state index contributed by atoms with van der Waals surface area (Å²) in [6.07, 6.45) is 1.54. The van der Waals surface area contributed by atoms with Crippen LogP contribution in [0, 0.1) is 11.3 Å². The predicted molar refractivity (Wildman–Crippen MR) is 105 cm³/mol. The zero-order chi connectivity index (χ0) is 19.2. The van der Waals surface area contributed by atoms with Crippen LogP contribution in [0.5, 0.6) is 5.75 Å². The number of nitrogens with zero attached hydrogens (tertiary/aromatic N) is 2. The van der Waals surface area contributed by atoms with Gasteiger partial charge in [0.25, 0.3) is 5.91 Å². The van der Waals surface area contributed by atoms with Crippen molar-refractivity contribution in [3.63, 3.8) is 0 Å². The highest BCUT2D eigenvalue weighted by atomic mass is 35.5. The van der Waals surface area contributed by atoms with E-state index in [1.54, 1.807) is 61.7 Å². The smallest absolute Gasteiger partial charge is 0.255 e. The lowest BCUT2D eigenvalue weighted by molar-refractivity contribution is 0.102. The Bertz CT molecular complexity index is 1030. The molecule has 0 aliphatic heterocycles. The average molecular weight is 379 g/mol. The maximum absolute atomic E-state index is 12.5. The molecule has 0 radical (unpaired) electrons. The lowest BCUT2D eigenvalue weighted by Crippen LogP contribution is -2.12. The van der Waals surface area contributed by atoms with Gasteiger partial charge in [-0.1, -0.05) is 17.7 Å². The molecule has 1 amide bonds. The molecule has 1 heterocycles. The van der Waals surface area contributed by atoms with Crippen LogP contribution >= 0.6 is 11.6 Å². The SMILES string of the molecule is COc1ccc(Nc2cc(C(=O)Nc3cccc(C#N)c3)ccn2)cc1Cl. The molecule has 0 saturated carbocycles. The standard InChI is InChI=1S/C20H15ClN4O2/c1-27-18-6-5-16(11-17(18)21)24-19-10-14(7-8-23-19)20(26)25-15-4-2-3-13(9-15)12-22/h2-11H,1H3,(H,23,24)(H,25,26). The fraction of sp³-hybridized carbons (Fsp3) is 0.0500. The molecular weight excluding hydrogens is 364 g/mol. The molecule has 0 fully saturated rings. The summed E-state index contributed by atoms with van der Waals surface area (Å²) in [4.78, 5) is 16.7. The second-order valence-corrected chi connectivity index (χ2v) is 5.96. The van der Waals surface area contributed by atoms with Crippen LogP contribution in [0.4, 0.5) is 17.2 Å². The molecule has 0 atom stereocenters. The molecule has 134 valence electrons. The normalized spacial score (nSPS) is 9.96. The summed E-state index contributed by atoms with van der Waals surface area (Å²) >= 11 is 6.12. The molecule has 2 aromatic carbocycles. The molecule has 3 aromatic rings. The van der Waals surface area contributed by atoms with E-state index in [1.165, 1.54) is 6.20 Å². The van der Waals surface area contributed by atoms with Gasteiger partial charge in [0.15, 0.2) is 0 Å². The van der Waals surface area contributed by atoms with E-state index in [2.05, 4.69) is 15.6 Å². The lowest BCUT2D eigenvalue weighted by atomic mass is 10.2. The third-order valence-corrected chi connectivity index (χ3v) is 3.99. The summed E-state index contributed by atoms with van der Waals surface area (Å²) in [6.45, 7) is 0. The summed E-state index contributed by atoms with van der Waals surface area (Å²) < 4.78 is 5.13. The molecule has 0 spiro atoms. The molecule has 0 saturated heterocycles. The lowest BCUT2D eigenvalue weighted by Gasteiger charge is -2.10. The van der Waals surface area contributed by atoms with Crippen LogP contribution in [-0.4, -0.2) is 18.0 Å². The Morgan fingerprint density at radius 1 is 1.15 bits per heavy atom. The number of benzene rings is 2. The van der Waals surface area contributed by atoms with Crippen LogP contribution in [0.3, 0.4) is 0 Å². The Hall–Kier alpha value is -3.56. The van der Waals surface area contributed by atoms with Crippen molar-refractivity contribution >= 4 is 34.7 Å². The number of hydrogen-bond donors (Lipinski definition) is 2. The van der Waals surface area contributed by atoms with Crippen molar-refractivity contribution in [3.05, 3.63) is 76.9 Å². The Morgan fingerprint density at radius 3 is 2.74 bits per heavy atom. The van der Waals surface area contributed by atoms with E-state index in [-0.39, 0.29) is 5.91 Å². The van der Waals surface area contributed by atoms with E-state index in [0.29, 0.717) is 39.1 Å². The maximum Gasteiger partial charge on any atom is 0.255 e. The quantitative estimate of drug-likeness (QED) is 0.676. The van der Waals surface area contributed by atoms with Crippen molar-refractivity contribution in [1.29, 1.82) is 5.26 Å². The average Bonchev–Trinajstić information content (AvgIpc) is 2.68. The number of carbonyl (C=O) groups is 1. The van der Waals surface area contributed by atoms with Crippen LogP contribution in [0.15, 0.2) is 60.8 Å². The first kappa shape index (κ1) is 18.2. The van der Waals surface area contributed by atoms with Gasteiger partial charge in [0, 0.05) is 23.1 Å². The van der Waals surface area contributed by atoms with Crippen LogP contribution in [0.1, 0.15) is 15.9 Å². The molecule has 0 aliphatic carbocycles. The Kier molecular flexibility index (Phi) is 5.55. The van der Waals surface area contributed by atoms with E-state index >= 15 is 0 Å². The van der Waals surface area contributed by atoms with Gasteiger partial charge < -0.3 is 15.4 Å². The van der Waals surface area contributed by atoms with Gasteiger partial charge in [0.2, 0.25) is 0 Å². The number of anilines is 3. The van der Waals surface area contributed by atoms with Crippen LogP contribution in [-0.2, 0) is 0 Å². The predicted octanol–water partition coefficient (Wildman–Crippen LogP) is 4.61. The number of halogens is 1. The molecule has 7 heteroatoms. The Balaban J connectivity index is 1.75. The van der Waals surface area contributed by atoms with Gasteiger partial charge >= 0.3 is 0 Å². The number of methoxy groups -OCH3 is 1.